The molecule has 1 heterocycles. The van der Waals surface area contributed by atoms with E-state index in [2.05, 4.69) is 20.7 Å². The van der Waals surface area contributed by atoms with Crippen molar-refractivity contribution in [3.63, 3.8) is 0 Å². The molecule has 1 aromatic rings. The highest BCUT2D eigenvalue weighted by Crippen LogP contribution is 2.35. The maximum absolute atomic E-state index is 12.2. The monoisotopic (exact) mass is 435 g/mol. The quantitative estimate of drug-likeness (QED) is 0.680. The van der Waals surface area contributed by atoms with Crippen LogP contribution in [0.15, 0.2) is 22.7 Å². The van der Waals surface area contributed by atoms with Gasteiger partial charge >= 0.3 is 6.36 Å². The van der Waals surface area contributed by atoms with Crippen molar-refractivity contribution in [3.05, 3.63) is 22.7 Å². The number of hydrogen-bond acceptors (Lipinski definition) is 4. The minimum Gasteiger partial charge on any atom is -0.406 e. The second-order valence-electron chi connectivity index (χ2n) is 4.94. The predicted molar refractivity (Wildman–Crippen MR) is 80.9 cm³/mol. The zero-order chi connectivity index (χ0) is 17.4. The molecule has 11 heteroatoms. The first kappa shape index (κ1) is 18.3. The summed E-state index contributed by atoms with van der Waals surface area (Å²) in [4.78, 5) is 13.3. The van der Waals surface area contributed by atoms with E-state index in [0.29, 0.717) is 5.69 Å². The fraction of sp³-hybridized carbons (Fsp3) is 0.417. The fourth-order valence-electron chi connectivity index (χ4n) is 2.31. The van der Waals surface area contributed by atoms with Crippen LogP contribution < -0.4 is 9.64 Å². The molecule has 1 aliphatic rings. The summed E-state index contributed by atoms with van der Waals surface area (Å²) in [6.07, 6.45) is -4.82. The summed E-state index contributed by atoms with van der Waals surface area (Å²) >= 11 is 3.09. The molecule has 0 radical (unpaired) electrons. The molecule has 0 spiro atoms. The number of amides is 1. The molecule has 2 rings (SSSR count). The number of halogens is 5. The van der Waals surface area contributed by atoms with Crippen molar-refractivity contribution in [1.82, 2.24) is 0 Å². The molecule has 1 amide bonds. The van der Waals surface area contributed by atoms with Crippen LogP contribution in [-0.4, -0.2) is 33.0 Å². The van der Waals surface area contributed by atoms with Crippen LogP contribution in [0.5, 0.6) is 5.75 Å². The molecular formula is C12H10BrClF3NO4S. The van der Waals surface area contributed by atoms with E-state index in [-0.39, 0.29) is 29.1 Å². The van der Waals surface area contributed by atoms with Gasteiger partial charge in [0.05, 0.1) is 11.4 Å². The van der Waals surface area contributed by atoms with Gasteiger partial charge < -0.3 is 9.64 Å². The molecule has 0 saturated carbocycles. The van der Waals surface area contributed by atoms with Gasteiger partial charge in [-0.3, -0.25) is 4.79 Å². The molecule has 5 nitrogen and oxygen atoms in total. The van der Waals surface area contributed by atoms with Crippen molar-refractivity contribution in [2.45, 2.75) is 12.8 Å². The van der Waals surface area contributed by atoms with Gasteiger partial charge in [0.1, 0.15) is 5.75 Å². The number of carbonyl (C=O) groups excluding carboxylic acids is 1. The fourth-order valence-corrected chi connectivity index (χ4v) is 4.20. The zero-order valence-corrected chi connectivity index (χ0v) is 14.5. The Kier molecular flexibility index (Phi) is 5.17. The molecule has 128 valence electrons. The normalized spacial score (nSPS) is 19.3. The highest BCUT2D eigenvalue weighted by atomic mass is 79.9. The average Bonchev–Trinajstić information content (AvgIpc) is 2.65. The summed E-state index contributed by atoms with van der Waals surface area (Å²) < 4.78 is 62.7. The van der Waals surface area contributed by atoms with Crippen LogP contribution >= 0.6 is 26.6 Å². The standard InChI is InChI=1S/C12H10BrClF3NO4S/c13-9-4-8(22-12(15,16)17)1-2-10(9)18-5-7(3-11(18)19)6-23(14,20)21/h1-2,4,7H,3,5-6H2. The van der Waals surface area contributed by atoms with Crippen LogP contribution in [0.3, 0.4) is 0 Å². The number of ether oxygens (including phenoxy) is 1. The Hall–Kier alpha value is -1.00. The van der Waals surface area contributed by atoms with E-state index in [4.69, 9.17) is 10.7 Å². The van der Waals surface area contributed by atoms with Gasteiger partial charge in [-0.2, -0.15) is 0 Å². The minimum atomic E-state index is -4.82. The topological polar surface area (TPSA) is 63.7 Å². The largest absolute Gasteiger partial charge is 0.573 e. The summed E-state index contributed by atoms with van der Waals surface area (Å²) in [5, 5.41) is 0. The molecule has 1 saturated heterocycles. The summed E-state index contributed by atoms with van der Waals surface area (Å²) in [6.45, 7) is 0.114. The van der Waals surface area contributed by atoms with Gasteiger partial charge in [0.25, 0.3) is 0 Å². The number of rotatable bonds is 4. The van der Waals surface area contributed by atoms with Crippen LogP contribution in [0, 0.1) is 5.92 Å². The molecule has 0 bridgehead atoms. The lowest BCUT2D eigenvalue weighted by Crippen LogP contribution is -2.25. The summed E-state index contributed by atoms with van der Waals surface area (Å²) in [5.74, 6) is -1.58. The van der Waals surface area contributed by atoms with Crippen LogP contribution in [0.4, 0.5) is 18.9 Å². The minimum absolute atomic E-state index is 0.000801. The number of alkyl halides is 3. The Bertz CT molecular complexity index is 726. The van der Waals surface area contributed by atoms with Gasteiger partial charge in [-0.05, 0) is 34.1 Å². The Morgan fingerprint density at radius 1 is 1.39 bits per heavy atom. The summed E-state index contributed by atoms with van der Waals surface area (Å²) in [6, 6.07) is 3.45. The van der Waals surface area contributed by atoms with E-state index in [1.807, 2.05) is 0 Å². The van der Waals surface area contributed by atoms with Gasteiger partial charge in [-0.15, -0.1) is 13.2 Å². The smallest absolute Gasteiger partial charge is 0.406 e. The van der Waals surface area contributed by atoms with E-state index in [1.54, 1.807) is 0 Å². The van der Waals surface area contributed by atoms with Gasteiger partial charge in [0.15, 0.2) is 0 Å². The zero-order valence-electron chi connectivity index (χ0n) is 11.3. The molecule has 1 fully saturated rings. The second-order valence-corrected chi connectivity index (χ2v) is 8.62. The first-order valence-corrected chi connectivity index (χ1v) is 9.50. The van der Waals surface area contributed by atoms with Crippen molar-refractivity contribution < 1.29 is 31.1 Å². The lowest BCUT2D eigenvalue weighted by Gasteiger charge is -2.19. The van der Waals surface area contributed by atoms with Crippen molar-refractivity contribution in [1.29, 1.82) is 0 Å². The third-order valence-electron chi connectivity index (χ3n) is 3.08. The van der Waals surface area contributed by atoms with Crippen LogP contribution in [0.2, 0.25) is 0 Å². The van der Waals surface area contributed by atoms with Crippen LogP contribution in [-0.2, 0) is 13.8 Å². The molecule has 1 unspecified atom stereocenters. The number of carbonyl (C=O) groups is 1. The molecule has 0 aromatic heterocycles. The van der Waals surface area contributed by atoms with E-state index < -0.39 is 27.1 Å². The highest BCUT2D eigenvalue weighted by molar-refractivity contribution is 9.10. The lowest BCUT2D eigenvalue weighted by atomic mass is 10.1. The average molecular weight is 437 g/mol. The molecule has 1 atom stereocenters. The Morgan fingerprint density at radius 3 is 2.57 bits per heavy atom. The van der Waals surface area contributed by atoms with Crippen LogP contribution in [0.1, 0.15) is 6.42 Å². The summed E-state index contributed by atoms with van der Waals surface area (Å²) in [7, 11) is 1.44. The Labute approximate surface area is 142 Å². The number of hydrogen-bond donors (Lipinski definition) is 0. The lowest BCUT2D eigenvalue weighted by molar-refractivity contribution is -0.274. The Balaban J connectivity index is 2.17. The molecule has 1 aliphatic heterocycles. The Morgan fingerprint density at radius 2 is 2.04 bits per heavy atom. The van der Waals surface area contributed by atoms with E-state index in [0.717, 1.165) is 12.1 Å². The van der Waals surface area contributed by atoms with Crippen molar-refractivity contribution >= 4 is 47.3 Å². The molecule has 23 heavy (non-hydrogen) atoms. The highest BCUT2D eigenvalue weighted by Gasteiger charge is 2.35. The first-order chi connectivity index (χ1) is 10.4. The maximum atomic E-state index is 12.2. The van der Waals surface area contributed by atoms with E-state index >= 15 is 0 Å². The van der Waals surface area contributed by atoms with E-state index in [1.165, 1.54) is 11.0 Å². The van der Waals surface area contributed by atoms with Gasteiger partial charge in [0, 0.05) is 34.0 Å². The maximum Gasteiger partial charge on any atom is 0.573 e. The third-order valence-corrected chi connectivity index (χ3v) is 4.97. The SMILES string of the molecule is O=C1CC(CS(=O)(=O)Cl)CN1c1ccc(OC(F)(F)F)cc1Br. The van der Waals surface area contributed by atoms with Crippen LogP contribution in [0.25, 0.3) is 0 Å². The second kappa shape index (κ2) is 6.48. The molecular weight excluding hydrogens is 427 g/mol. The molecule has 0 N–H and O–H groups in total. The third kappa shape index (κ3) is 5.25. The van der Waals surface area contributed by atoms with Gasteiger partial charge in [0.2, 0.25) is 15.0 Å². The first-order valence-electron chi connectivity index (χ1n) is 6.22. The predicted octanol–water partition coefficient (Wildman–Crippen LogP) is 3.27. The summed E-state index contributed by atoms with van der Waals surface area (Å²) in [5.41, 5.74) is 0.332. The van der Waals surface area contributed by atoms with Gasteiger partial charge in [-0.1, -0.05) is 0 Å². The molecule has 1 aromatic carbocycles. The number of anilines is 1. The number of nitrogens with zero attached hydrogens (tertiary/aromatic N) is 1. The number of benzene rings is 1. The van der Waals surface area contributed by atoms with E-state index in [9.17, 15) is 26.4 Å². The van der Waals surface area contributed by atoms with Crippen molar-refractivity contribution in [2.24, 2.45) is 5.92 Å². The van der Waals surface area contributed by atoms with Crippen molar-refractivity contribution in [3.8, 4) is 5.75 Å². The molecule has 0 aliphatic carbocycles. The van der Waals surface area contributed by atoms with Gasteiger partial charge in [-0.25, -0.2) is 8.42 Å². The van der Waals surface area contributed by atoms with Crippen molar-refractivity contribution in [2.75, 3.05) is 17.2 Å².